The van der Waals surface area contributed by atoms with E-state index in [9.17, 15) is 9.59 Å². The average Bonchev–Trinajstić information content (AvgIpc) is 3.45. The molecule has 3 aliphatic rings. The number of imidazole rings is 1. The number of likely N-dealkylation sites (tertiary alicyclic amines) is 1. The van der Waals surface area contributed by atoms with Gasteiger partial charge < -0.3 is 29.8 Å². The van der Waals surface area contributed by atoms with Crippen molar-refractivity contribution in [1.29, 1.82) is 0 Å². The normalized spacial score (nSPS) is 20.6. The summed E-state index contributed by atoms with van der Waals surface area (Å²) in [6.45, 7) is 3.68. The first-order chi connectivity index (χ1) is 22.3. The molecule has 0 radical (unpaired) electrons. The van der Waals surface area contributed by atoms with Crippen molar-refractivity contribution in [2.75, 3.05) is 13.7 Å². The molecule has 9 heteroatoms. The van der Waals surface area contributed by atoms with Crippen molar-refractivity contribution in [3.05, 3.63) is 71.8 Å². The first kappa shape index (κ1) is 28.8. The number of nitrogens with one attached hydrogen (secondary N) is 1. The summed E-state index contributed by atoms with van der Waals surface area (Å²) in [5.74, 6) is 2.48. The molecule has 236 valence electrons. The van der Waals surface area contributed by atoms with E-state index in [-0.39, 0.29) is 23.9 Å². The number of hydrogen-bond donors (Lipinski definition) is 2. The van der Waals surface area contributed by atoms with Crippen LogP contribution in [0.5, 0.6) is 5.75 Å². The Bertz CT molecular complexity index is 2000. The number of amides is 2. The quantitative estimate of drug-likeness (QED) is 0.240. The van der Waals surface area contributed by atoms with Crippen LogP contribution in [0.3, 0.4) is 0 Å². The largest absolute Gasteiger partial charge is 0.494 e. The lowest BCUT2D eigenvalue weighted by molar-refractivity contribution is -0.119. The molecule has 1 saturated heterocycles. The summed E-state index contributed by atoms with van der Waals surface area (Å²) < 4.78 is 10.4. The Labute approximate surface area is 268 Å². The summed E-state index contributed by atoms with van der Waals surface area (Å²) in [6.07, 6.45) is 4.52. The van der Waals surface area contributed by atoms with Gasteiger partial charge in [-0.2, -0.15) is 0 Å². The number of nitrogens with zero attached hydrogens (tertiary/aromatic N) is 4. The molecule has 2 saturated carbocycles. The Morgan fingerprint density at radius 3 is 2.50 bits per heavy atom. The second-order valence-electron chi connectivity index (χ2n) is 13.4. The number of carbonyl (C=O) groups excluding carboxylic acids is 2. The topological polar surface area (TPSA) is 107 Å². The van der Waals surface area contributed by atoms with E-state index in [2.05, 4.69) is 63.0 Å². The van der Waals surface area contributed by atoms with Gasteiger partial charge in [0.05, 0.1) is 23.8 Å². The van der Waals surface area contributed by atoms with Crippen LogP contribution in [0.1, 0.15) is 48.5 Å². The molecule has 3 atom stereocenters. The zero-order valence-electron chi connectivity index (χ0n) is 26.6. The van der Waals surface area contributed by atoms with Crippen molar-refractivity contribution in [2.45, 2.75) is 57.8 Å². The van der Waals surface area contributed by atoms with Crippen LogP contribution >= 0.6 is 0 Å². The van der Waals surface area contributed by atoms with Gasteiger partial charge in [-0.25, -0.2) is 4.98 Å². The van der Waals surface area contributed by atoms with Crippen LogP contribution in [0.2, 0.25) is 0 Å². The first-order valence-electron chi connectivity index (χ1n) is 16.4. The lowest BCUT2D eigenvalue weighted by Gasteiger charge is -2.27. The number of ether oxygens (including phenoxy) is 1. The Hall–Kier alpha value is -4.63. The van der Waals surface area contributed by atoms with Crippen molar-refractivity contribution in [2.24, 2.45) is 24.6 Å². The SMILES string of the molecule is COc1cc(C(=O)N2C[C@H]3CC[C@@H]2[C@@H]3N)cc2nc(-c3cc4cccc(-c5ccc(CNC(C)=O)cc5)c4n3CC3CC3)n(C)c12. The second kappa shape index (κ2) is 11.0. The minimum absolute atomic E-state index is 0.00522. The second-order valence-corrected chi connectivity index (χ2v) is 13.4. The summed E-state index contributed by atoms with van der Waals surface area (Å²) >= 11 is 0. The molecule has 3 aromatic carbocycles. The molecule has 5 aromatic rings. The van der Waals surface area contributed by atoms with Gasteiger partial charge in [0.2, 0.25) is 5.91 Å². The summed E-state index contributed by atoms with van der Waals surface area (Å²) in [7, 11) is 3.68. The highest BCUT2D eigenvalue weighted by molar-refractivity contribution is 6.01. The lowest BCUT2D eigenvalue weighted by atomic mass is 10.0. The van der Waals surface area contributed by atoms with Crippen LogP contribution in [-0.2, 0) is 24.9 Å². The third-order valence-corrected chi connectivity index (χ3v) is 10.4. The fourth-order valence-electron chi connectivity index (χ4n) is 7.79. The van der Waals surface area contributed by atoms with Gasteiger partial charge in [0, 0.05) is 62.2 Å². The number of methoxy groups -OCH3 is 1. The van der Waals surface area contributed by atoms with E-state index in [4.69, 9.17) is 15.5 Å². The van der Waals surface area contributed by atoms with Gasteiger partial charge in [-0.15, -0.1) is 0 Å². The van der Waals surface area contributed by atoms with Crippen LogP contribution < -0.4 is 15.8 Å². The zero-order chi connectivity index (χ0) is 31.7. The van der Waals surface area contributed by atoms with E-state index in [0.29, 0.717) is 29.7 Å². The number of piperidine rings is 1. The zero-order valence-corrected chi connectivity index (χ0v) is 26.6. The maximum Gasteiger partial charge on any atom is 0.254 e. The van der Waals surface area contributed by atoms with Crippen molar-refractivity contribution in [1.82, 2.24) is 24.3 Å². The third-order valence-electron chi connectivity index (χ3n) is 10.4. The average molecular weight is 617 g/mol. The highest BCUT2D eigenvalue weighted by Gasteiger charge is 2.47. The Morgan fingerprint density at radius 1 is 1.02 bits per heavy atom. The molecule has 46 heavy (non-hydrogen) atoms. The molecule has 2 aliphatic carbocycles. The standard InChI is InChI=1S/C37H40N6O3/c1-21(44)39-18-22-9-11-24(12-10-22)28-6-4-5-25-16-31(42(34(25)28)19-23-7-8-23)36-40-29-15-27(17-32(46-3)35(29)41(36)2)37(45)43-20-26-13-14-30(43)33(26)38/h4-6,9-12,15-17,23,26,30,33H,7-8,13-14,18-20,38H2,1-3H3,(H,39,44)/t26-,30-,33-/m1/s1. The van der Waals surface area contributed by atoms with Crippen LogP contribution in [0.25, 0.3) is 44.6 Å². The van der Waals surface area contributed by atoms with Gasteiger partial charge in [0.25, 0.3) is 5.91 Å². The number of aromatic nitrogens is 3. The van der Waals surface area contributed by atoms with Gasteiger partial charge >= 0.3 is 0 Å². The molecular formula is C37H40N6O3. The van der Waals surface area contributed by atoms with E-state index in [1.54, 1.807) is 7.11 Å². The van der Waals surface area contributed by atoms with Gasteiger partial charge in [-0.05, 0) is 66.8 Å². The van der Waals surface area contributed by atoms with E-state index in [1.165, 1.54) is 25.3 Å². The van der Waals surface area contributed by atoms with E-state index >= 15 is 0 Å². The maximum atomic E-state index is 13.8. The number of benzene rings is 3. The first-order valence-corrected chi connectivity index (χ1v) is 16.4. The van der Waals surface area contributed by atoms with Crippen molar-refractivity contribution >= 4 is 33.8 Å². The molecule has 2 amide bonds. The predicted molar refractivity (Wildman–Crippen MR) is 179 cm³/mol. The summed E-state index contributed by atoms with van der Waals surface area (Å²) in [5.41, 5.74) is 14.2. The van der Waals surface area contributed by atoms with Gasteiger partial charge in [0.15, 0.2) is 5.82 Å². The minimum Gasteiger partial charge on any atom is -0.494 e. The Morgan fingerprint density at radius 2 is 1.83 bits per heavy atom. The van der Waals surface area contributed by atoms with Crippen molar-refractivity contribution in [3.63, 3.8) is 0 Å². The molecule has 8 rings (SSSR count). The van der Waals surface area contributed by atoms with E-state index < -0.39 is 0 Å². The summed E-state index contributed by atoms with van der Waals surface area (Å²) in [4.78, 5) is 32.3. The molecular weight excluding hydrogens is 576 g/mol. The molecule has 3 fully saturated rings. The number of fused-ring (bicyclic) bond motifs is 4. The molecule has 0 spiro atoms. The highest BCUT2D eigenvalue weighted by atomic mass is 16.5. The fourth-order valence-corrected chi connectivity index (χ4v) is 7.79. The van der Waals surface area contributed by atoms with Crippen LogP contribution in [0.4, 0.5) is 0 Å². The monoisotopic (exact) mass is 616 g/mol. The number of hydrogen-bond acceptors (Lipinski definition) is 5. The molecule has 2 bridgehead atoms. The minimum atomic E-state index is -0.0372. The number of aryl methyl sites for hydroxylation is 1. The van der Waals surface area contributed by atoms with Crippen molar-refractivity contribution < 1.29 is 14.3 Å². The maximum absolute atomic E-state index is 13.8. The summed E-state index contributed by atoms with van der Waals surface area (Å²) in [5, 5.41) is 4.04. The Kier molecular flexibility index (Phi) is 6.90. The lowest BCUT2D eigenvalue weighted by Crippen LogP contribution is -2.41. The van der Waals surface area contributed by atoms with Crippen LogP contribution in [0, 0.1) is 11.8 Å². The van der Waals surface area contributed by atoms with E-state index in [0.717, 1.165) is 70.6 Å². The number of carbonyl (C=O) groups is 2. The predicted octanol–water partition coefficient (Wildman–Crippen LogP) is 5.48. The Balaban J connectivity index is 1.22. The fraction of sp³-hybridized carbons (Fsp3) is 0.378. The van der Waals surface area contributed by atoms with Gasteiger partial charge in [-0.3, -0.25) is 9.59 Å². The van der Waals surface area contributed by atoms with Crippen LogP contribution in [0.15, 0.2) is 60.7 Å². The number of nitrogens with two attached hydrogens (primary N) is 1. The third kappa shape index (κ3) is 4.76. The molecule has 3 heterocycles. The van der Waals surface area contributed by atoms with Crippen LogP contribution in [-0.4, -0.2) is 56.6 Å². The van der Waals surface area contributed by atoms with Gasteiger partial charge in [-0.1, -0.05) is 42.5 Å². The van der Waals surface area contributed by atoms with E-state index in [1.807, 2.05) is 24.1 Å². The number of rotatable bonds is 8. The number of para-hydroxylation sites is 1. The van der Waals surface area contributed by atoms with Gasteiger partial charge in [0.1, 0.15) is 11.3 Å². The molecule has 9 nitrogen and oxygen atoms in total. The molecule has 1 aliphatic heterocycles. The summed E-state index contributed by atoms with van der Waals surface area (Å²) in [6, 6.07) is 21.1. The highest BCUT2D eigenvalue weighted by Crippen LogP contribution is 2.42. The van der Waals surface area contributed by atoms with Crippen molar-refractivity contribution in [3.8, 4) is 28.4 Å². The smallest absolute Gasteiger partial charge is 0.254 e. The molecule has 0 unspecified atom stereocenters. The molecule has 2 aromatic heterocycles. The molecule has 3 N–H and O–H groups in total.